The Balaban J connectivity index is 1.56. The lowest BCUT2D eigenvalue weighted by Gasteiger charge is -2.34. The molecule has 7 nitrogen and oxygen atoms in total. The number of anilines is 1. The maximum atomic E-state index is 14.6. The van der Waals surface area contributed by atoms with Gasteiger partial charge in [-0.15, -0.1) is 0 Å². The van der Waals surface area contributed by atoms with Crippen LogP contribution in [-0.4, -0.2) is 43.8 Å². The molecule has 1 N–H and O–H groups in total. The minimum Gasteiger partial charge on any atom is -0.352 e. The number of nitrogens with zero attached hydrogens (tertiary/aromatic N) is 2. The van der Waals surface area contributed by atoms with Gasteiger partial charge in [-0.25, -0.2) is 8.42 Å². The van der Waals surface area contributed by atoms with Gasteiger partial charge in [-0.1, -0.05) is 109 Å². The lowest BCUT2D eigenvalue weighted by Crippen LogP contribution is -2.54. The van der Waals surface area contributed by atoms with Crippen molar-refractivity contribution in [3.8, 4) is 0 Å². The number of aryl methyl sites for hydroxylation is 2. The fourth-order valence-electron chi connectivity index (χ4n) is 5.89. The Bertz CT molecular complexity index is 1690. The monoisotopic (exact) mass is 623 g/mol. The molecular weight excluding hydrogens is 582 g/mol. The predicted octanol–water partition coefficient (Wildman–Crippen LogP) is 6.20. The van der Waals surface area contributed by atoms with Crippen LogP contribution in [0, 0.1) is 13.8 Å². The van der Waals surface area contributed by atoms with Crippen LogP contribution >= 0.6 is 0 Å². The van der Waals surface area contributed by atoms with Gasteiger partial charge < -0.3 is 10.2 Å². The summed E-state index contributed by atoms with van der Waals surface area (Å²) in [6.07, 6.45) is 4.23. The zero-order valence-corrected chi connectivity index (χ0v) is 26.7. The van der Waals surface area contributed by atoms with Crippen molar-refractivity contribution in [2.24, 2.45) is 0 Å². The Labute approximate surface area is 266 Å². The lowest BCUT2D eigenvalue weighted by molar-refractivity contribution is -0.140. The van der Waals surface area contributed by atoms with E-state index in [9.17, 15) is 18.0 Å². The zero-order valence-electron chi connectivity index (χ0n) is 25.9. The summed E-state index contributed by atoms with van der Waals surface area (Å²) in [7, 11) is -4.11. The van der Waals surface area contributed by atoms with E-state index in [-0.39, 0.29) is 23.4 Å². The Morgan fingerprint density at radius 1 is 0.778 bits per heavy atom. The number of hydrogen-bond donors (Lipinski definition) is 1. The molecule has 5 rings (SSSR count). The van der Waals surface area contributed by atoms with Crippen molar-refractivity contribution in [2.45, 2.75) is 69.5 Å². The van der Waals surface area contributed by atoms with Gasteiger partial charge in [0, 0.05) is 19.0 Å². The van der Waals surface area contributed by atoms with Crippen LogP contribution in [0.3, 0.4) is 0 Å². The molecule has 0 aromatic heterocycles. The number of amides is 2. The van der Waals surface area contributed by atoms with E-state index < -0.39 is 28.5 Å². The summed E-state index contributed by atoms with van der Waals surface area (Å²) in [5.74, 6) is -0.682. The van der Waals surface area contributed by atoms with E-state index in [2.05, 4.69) is 5.32 Å². The highest BCUT2D eigenvalue weighted by atomic mass is 32.2. The minimum atomic E-state index is -4.11. The third-order valence-electron chi connectivity index (χ3n) is 8.34. The van der Waals surface area contributed by atoms with E-state index in [1.54, 1.807) is 35.2 Å². The summed E-state index contributed by atoms with van der Waals surface area (Å²) in [5, 5.41) is 3.21. The van der Waals surface area contributed by atoms with Gasteiger partial charge in [-0.3, -0.25) is 13.9 Å². The highest BCUT2D eigenvalue weighted by Crippen LogP contribution is 2.26. The number of sulfonamides is 1. The van der Waals surface area contributed by atoms with Crippen molar-refractivity contribution in [3.05, 3.63) is 131 Å². The van der Waals surface area contributed by atoms with Crippen LogP contribution in [0.15, 0.2) is 114 Å². The van der Waals surface area contributed by atoms with E-state index in [1.807, 2.05) is 80.6 Å². The average Bonchev–Trinajstić information content (AvgIpc) is 3.56. The Morgan fingerprint density at radius 3 is 2.04 bits per heavy atom. The number of carbonyl (C=O) groups excluding carboxylic acids is 2. The van der Waals surface area contributed by atoms with E-state index in [4.69, 9.17) is 0 Å². The molecule has 0 unspecified atom stereocenters. The van der Waals surface area contributed by atoms with Crippen molar-refractivity contribution in [2.75, 3.05) is 10.8 Å². The SMILES string of the molecule is Cc1ccc(N(CC(=O)N(Cc2cccc(C)c2)[C@@H](Cc2ccccc2)C(=O)NC2CCCC2)S(=O)(=O)c2ccccc2)cc1. The van der Waals surface area contributed by atoms with Crippen molar-refractivity contribution < 1.29 is 18.0 Å². The van der Waals surface area contributed by atoms with Crippen LogP contribution in [-0.2, 0) is 32.6 Å². The number of benzene rings is 4. The second kappa shape index (κ2) is 14.6. The molecule has 1 atom stereocenters. The molecule has 0 heterocycles. The zero-order chi connectivity index (χ0) is 31.8. The first-order valence-electron chi connectivity index (χ1n) is 15.5. The molecule has 4 aromatic rings. The minimum absolute atomic E-state index is 0.0641. The topological polar surface area (TPSA) is 86.8 Å². The summed E-state index contributed by atoms with van der Waals surface area (Å²) >= 11 is 0. The summed E-state index contributed by atoms with van der Waals surface area (Å²) < 4.78 is 29.3. The van der Waals surface area contributed by atoms with Gasteiger partial charge in [0.25, 0.3) is 10.0 Å². The fourth-order valence-corrected chi connectivity index (χ4v) is 7.32. The third-order valence-corrected chi connectivity index (χ3v) is 10.1. The number of rotatable bonds is 12. The molecule has 234 valence electrons. The maximum absolute atomic E-state index is 14.6. The van der Waals surface area contributed by atoms with Gasteiger partial charge >= 0.3 is 0 Å². The first-order chi connectivity index (χ1) is 21.7. The van der Waals surface area contributed by atoms with Gasteiger partial charge in [-0.05, 0) is 62.1 Å². The van der Waals surface area contributed by atoms with Gasteiger partial charge in [0.15, 0.2) is 0 Å². The van der Waals surface area contributed by atoms with Crippen molar-refractivity contribution in [3.63, 3.8) is 0 Å². The second-order valence-electron chi connectivity index (χ2n) is 11.9. The smallest absolute Gasteiger partial charge is 0.264 e. The molecule has 0 spiro atoms. The summed E-state index contributed by atoms with van der Waals surface area (Å²) in [6, 6.07) is 31.9. The molecule has 2 amide bonds. The van der Waals surface area contributed by atoms with Crippen LogP contribution in [0.4, 0.5) is 5.69 Å². The van der Waals surface area contributed by atoms with Crippen molar-refractivity contribution in [1.29, 1.82) is 0 Å². The predicted molar refractivity (Wildman–Crippen MR) is 178 cm³/mol. The first-order valence-corrected chi connectivity index (χ1v) is 17.0. The van der Waals surface area contributed by atoms with Crippen LogP contribution in [0.5, 0.6) is 0 Å². The van der Waals surface area contributed by atoms with E-state index >= 15 is 0 Å². The van der Waals surface area contributed by atoms with Gasteiger partial charge in [-0.2, -0.15) is 0 Å². The molecule has 1 aliphatic rings. The highest BCUT2D eigenvalue weighted by molar-refractivity contribution is 7.92. The van der Waals surface area contributed by atoms with Crippen molar-refractivity contribution in [1.82, 2.24) is 10.2 Å². The Kier molecular flexibility index (Phi) is 10.4. The molecule has 0 saturated heterocycles. The summed E-state index contributed by atoms with van der Waals surface area (Å²) in [4.78, 5) is 30.3. The second-order valence-corrected chi connectivity index (χ2v) is 13.7. The quantitative estimate of drug-likeness (QED) is 0.204. The largest absolute Gasteiger partial charge is 0.352 e. The molecular formula is C37H41N3O4S. The van der Waals surface area contributed by atoms with Gasteiger partial charge in [0.1, 0.15) is 12.6 Å². The van der Waals surface area contributed by atoms with Gasteiger partial charge in [0.05, 0.1) is 10.6 Å². The fraction of sp³-hybridized carbons (Fsp3) is 0.297. The van der Waals surface area contributed by atoms with Crippen LogP contribution in [0.1, 0.15) is 47.9 Å². The Morgan fingerprint density at radius 2 is 1.40 bits per heavy atom. The molecule has 1 fully saturated rings. The number of hydrogen-bond acceptors (Lipinski definition) is 4. The molecule has 1 aliphatic carbocycles. The van der Waals surface area contributed by atoms with E-state index in [1.165, 1.54) is 12.1 Å². The first kappa shape index (κ1) is 32.0. The van der Waals surface area contributed by atoms with Crippen molar-refractivity contribution >= 4 is 27.5 Å². The molecule has 4 aromatic carbocycles. The standard InChI is InChI=1S/C37H41N3O4S/c1-28-20-22-33(23-21-28)40(45(43,44)34-18-7-4-8-19-34)27-36(41)39(26-31-15-11-12-29(2)24-31)35(25-30-13-5-3-6-14-30)37(42)38-32-16-9-10-17-32/h3-8,11-15,18-24,32,35H,9-10,16-17,25-27H2,1-2H3,(H,38,42)/t35-/m0/s1. The van der Waals surface area contributed by atoms with Crippen LogP contribution in [0.25, 0.3) is 0 Å². The molecule has 0 bridgehead atoms. The molecule has 1 saturated carbocycles. The molecule has 45 heavy (non-hydrogen) atoms. The highest BCUT2D eigenvalue weighted by Gasteiger charge is 2.35. The maximum Gasteiger partial charge on any atom is 0.264 e. The van der Waals surface area contributed by atoms with Crippen LogP contribution in [0.2, 0.25) is 0 Å². The lowest BCUT2D eigenvalue weighted by atomic mass is 10.0. The third kappa shape index (κ3) is 8.19. The Hall–Kier alpha value is -4.43. The summed E-state index contributed by atoms with van der Waals surface area (Å²) in [5.41, 5.74) is 4.15. The average molecular weight is 624 g/mol. The molecule has 0 aliphatic heterocycles. The van der Waals surface area contributed by atoms with Gasteiger partial charge in [0.2, 0.25) is 11.8 Å². The molecule has 0 radical (unpaired) electrons. The van der Waals surface area contributed by atoms with E-state index in [0.29, 0.717) is 12.1 Å². The normalized spacial score (nSPS) is 14.1. The summed E-state index contributed by atoms with van der Waals surface area (Å²) in [6.45, 7) is 3.60. The number of nitrogens with one attached hydrogen (secondary N) is 1. The molecule has 8 heteroatoms. The van der Waals surface area contributed by atoms with Crippen LogP contribution < -0.4 is 9.62 Å². The van der Waals surface area contributed by atoms with E-state index in [0.717, 1.165) is 52.2 Å². The number of carbonyl (C=O) groups is 2.